The molecule has 0 bridgehead atoms. The zero-order chi connectivity index (χ0) is 32.3. The minimum absolute atomic E-state index is 0.0720. The number of allylic oxidation sites excluding steroid dienone is 9. The Labute approximate surface area is 265 Å². The number of aliphatic carboxylic acids is 1. The van der Waals surface area contributed by atoms with E-state index in [1.165, 1.54) is 107 Å². The minimum atomic E-state index is -0.745. The lowest BCUT2D eigenvalue weighted by atomic mass is 9.72. The second-order valence-electron chi connectivity index (χ2n) is 12.9. The van der Waals surface area contributed by atoms with Crippen LogP contribution in [0, 0.1) is 5.41 Å². The fraction of sp³-hybridized carbons (Fsp3) is 0.692. The number of ether oxygens (including phenoxy) is 1. The van der Waals surface area contributed by atoms with Gasteiger partial charge in [-0.05, 0) is 63.5 Å². The van der Waals surface area contributed by atoms with E-state index in [1.807, 2.05) is 6.08 Å². The van der Waals surface area contributed by atoms with Crippen molar-refractivity contribution in [2.75, 3.05) is 6.61 Å². The van der Waals surface area contributed by atoms with Gasteiger partial charge in [0.15, 0.2) is 0 Å². The summed E-state index contributed by atoms with van der Waals surface area (Å²) in [5, 5.41) is 7.72. The molecule has 0 heterocycles. The van der Waals surface area contributed by atoms with Crippen LogP contribution in [0.25, 0.3) is 0 Å². The molecule has 0 radical (unpaired) electrons. The Bertz CT molecular complexity index is 914. The van der Waals surface area contributed by atoms with Crippen LogP contribution in [-0.2, 0) is 14.3 Å². The van der Waals surface area contributed by atoms with E-state index >= 15 is 0 Å². The van der Waals surface area contributed by atoms with E-state index in [1.54, 1.807) is 6.92 Å². The van der Waals surface area contributed by atoms with Crippen LogP contribution >= 0.6 is 0 Å². The summed E-state index contributed by atoms with van der Waals surface area (Å²) in [7, 11) is 0. The van der Waals surface area contributed by atoms with Crippen molar-refractivity contribution in [3.63, 3.8) is 0 Å². The van der Waals surface area contributed by atoms with Gasteiger partial charge in [0.2, 0.25) is 0 Å². The third-order valence-corrected chi connectivity index (χ3v) is 8.21. The van der Waals surface area contributed by atoms with Gasteiger partial charge in [0.1, 0.15) is 6.61 Å². The molecule has 0 fully saturated rings. The lowest BCUT2D eigenvalue weighted by Gasteiger charge is -2.32. The highest BCUT2D eigenvalue weighted by Gasteiger charge is 2.26. The molecule has 1 aliphatic carbocycles. The number of rotatable bonds is 21. The minimum Gasteiger partial charge on any atom is -0.481 e. The molecular formula is C39H66O4. The Kier molecular flexibility index (Phi) is 24.6. The van der Waals surface area contributed by atoms with Crippen molar-refractivity contribution < 1.29 is 19.4 Å². The number of carbonyl (C=O) groups excluding carboxylic acids is 1. The van der Waals surface area contributed by atoms with Crippen molar-refractivity contribution in [2.45, 2.75) is 164 Å². The standard InChI is InChI=1S/C36H60O2.C3H6O2/c1-7-8-9-10-11-12-13-14-15-16-17-18-19-25-35(37)38-30-28-32(3)23-20-22-31(2)26-27-34-33(4)24-21-29-36(34,5)6;1-2-3(4)5/h20,22-23,26-28H,7-19,21,24-25,29-30H2,1-6H3;2H2,1H3,(H,4,5). The molecule has 4 heteroatoms. The van der Waals surface area contributed by atoms with Crippen LogP contribution in [0.2, 0.25) is 0 Å². The van der Waals surface area contributed by atoms with Gasteiger partial charge in [-0.2, -0.15) is 0 Å². The molecule has 0 saturated heterocycles. The molecule has 0 aromatic rings. The molecule has 0 aliphatic heterocycles. The Hall–Kier alpha value is -2.36. The summed E-state index contributed by atoms with van der Waals surface area (Å²) in [5.41, 5.74) is 5.65. The third kappa shape index (κ3) is 23.7. The number of carboxylic acid groups (broad SMARTS) is 1. The van der Waals surface area contributed by atoms with E-state index < -0.39 is 5.97 Å². The van der Waals surface area contributed by atoms with Crippen molar-refractivity contribution in [3.05, 3.63) is 58.7 Å². The van der Waals surface area contributed by atoms with E-state index in [0.717, 1.165) is 18.4 Å². The van der Waals surface area contributed by atoms with Crippen LogP contribution in [0.15, 0.2) is 58.7 Å². The lowest BCUT2D eigenvalue weighted by molar-refractivity contribution is -0.142. The maximum Gasteiger partial charge on any atom is 0.306 e. The fourth-order valence-corrected chi connectivity index (χ4v) is 5.33. The molecule has 0 saturated carbocycles. The largest absolute Gasteiger partial charge is 0.481 e. The topological polar surface area (TPSA) is 63.6 Å². The predicted octanol–water partition coefficient (Wildman–Crippen LogP) is 12.0. The van der Waals surface area contributed by atoms with Gasteiger partial charge < -0.3 is 9.84 Å². The first-order chi connectivity index (χ1) is 20.5. The number of carboxylic acids is 1. The smallest absolute Gasteiger partial charge is 0.306 e. The molecule has 246 valence electrons. The number of hydrogen-bond acceptors (Lipinski definition) is 3. The van der Waals surface area contributed by atoms with Crippen LogP contribution < -0.4 is 0 Å². The highest BCUT2D eigenvalue weighted by Crippen LogP contribution is 2.40. The second kappa shape index (κ2) is 26.1. The maximum atomic E-state index is 12.0. The molecule has 43 heavy (non-hydrogen) atoms. The maximum absolute atomic E-state index is 12.0. The molecule has 1 N–H and O–H groups in total. The number of unbranched alkanes of at least 4 members (excludes halogenated alkanes) is 12. The van der Waals surface area contributed by atoms with Gasteiger partial charge in [0.05, 0.1) is 0 Å². The van der Waals surface area contributed by atoms with Gasteiger partial charge >= 0.3 is 11.9 Å². The van der Waals surface area contributed by atoms with Crippen molar-refractivity contribution >= 4 is 11.9 Å². The summed E-state index contributed by atoms with van der Waals surface area (Å²) >= 11 is 0. The van der Waals surface area contributed by atoms with Gasteiger partial charge in [-0.1, -0.05) is 152 Å². The summed E-state index contributed by atoms with van der Waals surface area (Å²) in [4.78, 5) is 21.4. The van der Waals surface area contributed by atoms with E-state index in [4.69, 9.17) is 9.84 Å². The third-order valence-electron chi connectivity index (χ3n) is 8.21. The fourth-order valence-electron chi connectivity index (χ4n) is 5.33. The summed E-state index contributed by atoms with van der Waals surface area (Å²) in [6.45, 7) is 15.4. The van der Waals surface area contributed by atoms with Crippen LogP contribution in [0.3, 0.4) is 0 Å². The summed E-state index contributed by atoms with van der Waals surface area (Å²) in [6, 6.07) is 0. The molecule has 0 aromatic heterocycles. The highest BCUT2D eigenvalue weighted by molar-refractivity contribution is 5.69. The Morgan fingerprint density at radius 1 is 0.837 bits per heavy atom. The first-order valence-corrected chi connectivity index (χ1v) is 17.3. The molecular weight excluding hydrogens is 532 g/mol. The summed E-state index contributed by atoms with van der Waals surface area (Å²) in [5.74, 6) is -0.817. The van der Waals surface area contributed by atoms with Gasteiger partial charge in [0.25, 0.3) is 0 Å². The predicted molar refractivity (Wildman–Crippen MR) is 185 cm³/mol. The van der Waals surface area contributed by atoms with Gasteiger partial charge in [-0.15, -0.1) is 0 Å². The molecule has 1 rings (SSSR count). The van der Waals surface area contributed by atoms with E-state index in [-0.39, 0.29) is 17.8 Å². The van der Waals surface area contributed by atoms with Crippen LogP contribution in [-0.4, -0.2) is 23.7 Å². The van der Waals surface area contributed by atoms with Gasteiger partial charge in [-0.25, -0.2) is 0 Å². The molecule has 0 spiro atoms. The highest BCUT2D eigenvalue weighted by atomic mass is 16.5. The van der Waals surface area contributed by atoms with Crippen molar-refractivity contribution in [1.82, 2.24) is 0 Å². The SMILES string of the molecule is CCC(=O)O.CCCCCCCCCCCCCCCC(=O)OCC=C(C)C=CC=C(C)C=CC1=C(C)CCCC1(C)C. The number of esters is 1. The number of hydrogen-bond donors (Lipinski definition) is 1. The zero-order valence-corrected chi connectivity index (χ0v) is 29.1. The van der Waals surface area contributed by atoms with Crippen LogP contribution in [0.4, 0.5) is 0 Å². The Morgan fingerprint density at radius 2 is 1.37 bits per heavy atom. The molecule has 4 nitrogen and oxygen atoms in total. The normalized spacial score (nSPS) is 15.6. The van der Waals surface area contributed by atoms with Crippen LogP contribution in [0.5, 0.6) is 0 Å². The van der Waals surface area contributed by atoms with E-state index in [2.05, 4.69) is 71.9 Å². The lowest BCUT2D eigenvalue weighted by Crippen LogP contribution is -2.19. The van der Waals surface area contributed by atoms with Gasteiger partial charge in [0, 0.05) is 12.8 Å². The first kappa shape index (κ1) is 40.6. The van der Waals surface area contributed by atoms with E-state index in [0.29, 0.717) is 13.0 Å². The average Bonchev–Trinajstić information content (AvgIpc) is 2.95. The molecule has 0 unspecified atom stereocenters. The number of carbonyl (C=O) groups is 2. The summed E-state index contributed by atoms with van der Waals surface area (Å²) in [6.07, 6.45) is 34.5. The first-order valence-electron chi connectivity index (χ1n) is 17.3. The van der Waals surface area contributed by atoms with Crippen LogP contribution in [0.1, 0.15) is 164 Å². The average molecular weight is 599 g/mol. The van der Waals surface area contributed by atoms with Crippen molar-refractivity contribution in [1.29, 1.82) is 0 Å². The zero-order valence-electron chi connectivity index (χ0n) is 29.1. The van der Waals surface area contributed by atoms with Gasteiger partial charge in [-0.3, -0.25) is 9.59 Å². The Balaban J connectivity index is 0.00000324. The molecule has 0 atom stereocenters. The monoisotopic (exact) mass is 598 g/mol. The van der Waals surface area contributed by atoms with Crippen molar-refractivity contribution in [2.24, 2.45) is 5.41 Å². The molecule has 0 aromatic carbocycles. The van der Waals surface area contributed by atoms with E-state index in [9.17, 15) is 9.59 Å². The quantitative estimate of drug-likeness (QED) is 0.0811. The second-order valence-corrected chi connectivity index (χ2v) is 12.9. The summed E-state index contributed by atoms with van der Waals surface area (Å²) < 4.78 is 5.40. The van der Waals surface area contributed by atoms with Crippen molar-refractivity contribution in [3.8, 4) is 0 Å². The molecule has 0 amide bonds. The molecule has 1 aliphatic rings. The Morgan fingerprint density at radius 3 is 1.88 bits per heavy atom.